The zero-order valence-corrected chi connectivity index (χ0v) is 17.0. The van der Waals surface area contributed by atoms with E-state index in [1.54, 1.807) is 18.5 Å². The Labute approximate surface area is 173 Å². The Kier molecular flexibility index (Phi) is 5.51. The van der Waals surface area contributed by atoms with Crippen LogP contribution in [0.25, 0.3) is 23.9 Å². The second-order valence-electron chi connectivity index (χ2n) is 7.26. The zero-order chi connectivity index (χ0) is 20.4. The summed E-state index contributed by atoms with van der Waals surface area (Å²) in [4.78, 5) is 25.7. The Morgan fingerprint density at radius 3 is 2.83 bits per heavy atom. The van der Waals surface area contributed by atoms with Gasteiger partial charge in [0.05, 0.1) is 33.7 Å². The Hall–Kier alpha value is -2.90. The number of rotatable bonds is 3. The van der Waals surface area contributed by atoms with E-state index in [1.807, 2.05) is 18.2 Å². The van der Waals surface area contributed by atoms with Gasteiger partial charge in [0.25, 0.3) is 5.56 Å². The number of anilines is 1. The summed E-state index contributed by atoms with van der Waals surface area (Å²) in [5, 5.41) is 6.88. The molecule has 29 heavy (non-hydrogen) atoms. The van der Waals surface area contributed by atoms with Gasteiger partial charge in [-0.05, 0) is 43.8 Å². The van der Waals surface area contributed by atoms with Crippen LogP contribution in [0.2, 0.25) is 5.02 Å². The molecule has 150 valence electrons. The maximum absolute atomic E-state index is 11.9. The molecule has 0 spiro atoms. The first-order valence-electron chi connectivity index (χ1n) is 9.54. The van der Waals surface area contributed by atoms with Crippen LogP contribution in [0.1, 0.15) is 12.0 Å². The monoisotopic (exact) mass is 410 g/mol. The fraction of sp³-hybridized carbons (Fsp3) is 0.286. The highest BCUT2D eigenvalue weighted by Crippen LogP contribution is 2.28. The van der Waals surface area contributed by atoms with Crippen LogP contribution in [0.3, 0.4) is 0 Å². The number of nitrogens with zero attached hydrogens (tertiary/aromatic N) is 4. The molecule has 2 aromatic heterocycles. The highest BCUT2D eigenvalue weighted by molar-refractivity contribution is 6.33. The molecule has 0 radical (unpaired) electrons. The fourth-order valence-electron chi connectivity index (χ4n) is 3.47. The van der Waals surface area contributed by atoms with Gasteiger partial charge in [-0.1, -0.05) is 24.2 Å². The second-order valence-corrected chi connectivity index (χ2v) is 7.67. The van der Waals surface area contributed by atoms with E-state index < -0.39 is 0 Å². The molecule has 0 amide bonds. The average Bonchev–Trinajstić information content (AvgIpc) is 2.91. The number of benzene rings is 1. The highest BCUT2D eigenvalue weighted by Gasteiger charge is 2.15. The van der Waals surface area contributed by atoms with E-state index in [4.69, 9.17) is 16.6 Å². The number of aromatic nitrogens is 4. The van der Waals surface area contributed by atoms with Gasteiger partial charge >= 0.3 is 0 Å². The Bertz CT molecular complexity index is 1150. The fourth-order valence-corrected chi connectivity index (χ4v) is 3.68. The van der Waals surface area contributed by atoms with Crippen molar-refractivity contribution < 1.29 is 0 Å². The molecule has 0 bridgehead atoms. The van der Waals surface area contributed by atoms with Crippen LogP contribution >= 0.6 is 11.6 Å². The first-order valence-corrected chi connectivity index (χ1v) is 9.92. The molecular weight excluding hydrogens is 388 g/mol. The minimum atomic E-state index is -0.209. The predicted molar refractivity (Wildman–Crippen MR) is 117 cm³/mol. The van der Waals surface area contributed by atoms with Crippen LogP contribution in [-0.4, -0.2) is 58.3 Å². The van der Waals surface area contributed by atoms with Crippen LogP contribution in [0.5, 0.6) is 0 Å². The molecule has 2 N–H and O–H groups in total. The van der Waals surface area contributed by atoms with Gasteiger partial charge in [0.1, 0.15) is 5.82 Å². The number of aromatic amines is 2. The average molecular weight is 411 g/mol. The first kappa shape index (κ1) is 19.4. The predicted octanol–water partition coefficient (Wildman–Crippen LogP) is 1.19. The molecule has 0 atom stereocenters. The SMILES string of the molecule is C=c1[nH][nH]c(=O)c1=Cc1ccc(Cl)c(-c2cncc(N3CCCN(C)CC3)n2)c1. The van der Waals surface area contributed by atoms with Crippen molar-refractivity contribution in [1.82, 2.24) is 25.1 Å². The number of nitrogens with one attached hydrogen (secondary N) is 2. The Morgan fingerprint density at radius 1 is 1.17 bits per heavy atom. The van der Waals surface area contributed by atoms with E-state index in [2.05, 4.69) is 38.6 Å². The molecule has 0 saturated carbocycles. The topological polar surface area (TPSA) is 80.9 Å². The van der Waals surface area contributed by atoms with Gasteiger partial charge in [0, 0.05) is 25.2 Å². The molecule has 1 fully saturated rings. The summed E-state index contributed by atoms with van der Waals surface area (Å²) in [5.74, 6) is 0.852. The minimum Gasteiger partial charge on any atom is -0.354 e. The van der Waals surface area contributed by atoms with Crippen molar-refractivity contribution in [2.75, 3.05) is 38.1 Å². The Balaban J connectivity index is 1.71. The van der Waals surface area contributed by atoms with Crippen LogP contribution in [-0.2, 0) is 0 Å². The van der Waals surface area contributed by atoms with Gasteiger partial charge in [0.15, 0.2) is 0 Å². The largest absolute Gasteiger partial charge is 0.354 e. The lowest BCUT2D eigenvalue weighted by Crippen LogP contribution is -2.32. The molecular formula is C21H23ClN6O. The van der Waals surface area contributed by atoms with Gasteiger partial charge in [-0.2, -0.15) is 0 Å². The molecule has 1 aliphatic heterocycles. The minimum absolute atomic E-state index is 0.209. The standard InChI is InChI=1S/C21H23ClN6O/c1-14-16(21(29)26-25-14)10-15-4-5-18(22)17(11-15)19-12-23-13-20(24-19)28-7-3-6-27(2)8-9-28/h4-5,10-13,25H,1,3,6-9H2,2H3,(H,26,29). The molecule has 7 nitrogen and oxygen atoms in total. The third kappa shape index (κ3) is 4.26. The van der Waals surface area contributed by atoms with Crippen LogP contribution in [0.4, 0.5) is 5.82 Å². The maximum atomic E-state index is 11.9. The van der Waals surface area contributed by atoms with Crippen molar-refractivity contribution >= 4 is 30.1 Å². The summed E-state index contributed by atoms with van der Waals surface area (Å²) in [7, 11) is 2.14. The van der Waals surface area contributed by atoms with Gasteiger partial charge in [-0.15, -0.1) is 0 Å². The molecule has 8 heteroatoms. The molecule has 1 aromatic carbocycles. The first-order chi connectivity index (χ1) is 14.0. The van der Waals surface area contributed by atoms with Crippen LogP contribution in [0, 0.1) is 0 Å². The molecule has 1 saturated heterocycles. The summed E-state index contributed by atoms with van der Waals surface area (Å²) >= 11 is 6.47. The lowest BCUT2D eigenvalue weighted by Gasteiger charge is -2.21. The van der Waals surface area contributed by atoms with Crippen molar-refractivity contribution in [2.45, 2.75) is 6.42 Å². The van der Waals surface area contributed by atoms with Gasteiger partial charge in [0.2, 0.25) is 0 Å². The molecule has 3 heterocycles. The maximum Gasteiger partial charge on any atom is 0.271 e. The van der Waals surface area contributed by atoms with Crippen molar-refractivity contribution in [3.05, 3.63) is 62.1 Å². The van der Waals surface area contributed by atoms with Crippen molar-refractivity contribution in [1.29, 1.82) is 0 Å². The van der Waals surface area contributed by atoms with E-state index in [1.165, 1.54) is 0 Å². The lowest BCUT2D eigenvalue weighted by atomic mass is 10.1. The van der Waals surface area contributed by atoms with Gasteiger partial charge < -0.3 is 9.80 Å². The molecule has 3 aromatic rings. The third-order valence-electron chi connectivity index (χ3n) is 5.14. The van der Waals surface area contributed by atoms with Crippen LogP contribution in [0.15, 0.2) is 35.4 Å². The molecule has 0 unspecified atom stereocenters. The smallest absolute Gasteiger partial charge is 0.271 e. The number of likely N-dealkylation sites (N-methyl/N-ethyl adjacent to an activating group) is 1. The van der Waals surface area contributed by atoms with E-state index in [0.29, 0.717) is 21.3 Å². The summed E-state index contributed by atoms with van der Waals surface area (Å²) in [6.45, 7) is 7.78. The summed E-state index contributed by atoms with van der Waals surface area (Å²) in [6, 6.07) is 5.58. The van der Waals surface area contributed by atoms with E-state index in [0.717, 1.165) is 49.5 Å². The highest BCUT2D eigenvalue weighted by atomic mass is 35.5. The van der Waals surface area contributed by atoms with Crippen molar-refractivity contribution in [3.8, 4) is 11.3 Å². The number of H-pyrrole nitrogens is 2. The second kappa shape index (κ2) is 8.23. The number of halogens is 1. The Morgan fingerprint density at radius 2 is 2.03 bits per heavy atom. The van der Waals surface area contributed by atoms with Crippen molar-refractivity contribution in [3.63, 3.8) is 0 Å². The van der Waals surface area contributed by atoms with Crippen LogP contribution < -0.4 is 21.0 Å². The molecule has 0 aliphatic carbocycles. The zero-order valence-electron chi connectivity index (χ0n) is 16.3. The van der Waals surface area contributed by atoms with Crippen molar-refractivity contribution in [2.24, 2.45) is 0 Å². The van der Waals surface area contributed by atoms with E-state index in [9.17, 15) is 4.79 Å². The van der Waals surface area contributed by atoms with Gasteiger partial charge in [-0.3, -0.25) is 20.0 Å². The third-order valence-corrected chi connectivity index (χ3v) is 5.47. The van der Waals surface area contributed by atoms with E-state index >= 15 is 0 Å². The number of hydrogen-bond acceptors (Lipinski definition) is 5. The molecule has 4 rings (SSSR count). The lowest BCUT2D eigenvalue weighted by molar-refractivity contribution is 0.360. The molecule has 1 aliphatic rings. The summed E-state index contributed by atoms with van der Waals surface area (Å²) < 4.78 is 0. The van der Waals surface area contributed by atoms with E-state index in [-0.39, 0.29) is 5.56 Å². The summed E-state index contributed by atoms with van der Waals surface area (Å²) in [5.41, 5.74) is 2.11. The van der Waals surface area contributed by atoms with Gasteiger partial charge in [-0.25, -0.2) is 4.98 Å². The normalized spacial score (nSPS) is 16.2. The summed E-state index contributed by atoms with van der Waals surface area (Å²) in [6.07, 6.45) is 6.38. The quantitative estimate of drug-likeness (QED) is 0.678. The number of hydrogen-bond donors (Lipinski definition) is 2.